The van der Waals surface area contributed by atoms with E-state index in [0.29, 0.717) is 43.1 Å². The molecule has 1 aliphatic rings. The van der Waals surface area contributed by atoms with E-state index in [4.69, 9.17) is 0 Å². The molecule has 3 aromatic rings. The molecule has 0 atom stereocenters. The molecule has 4 heterocycles. The Morgan fingerprint density at radius 3 is 2.78 bits per heavy atom. The van der Waals surface area contributed by atoms with Crippen molar-refractivity contribution in [2.75, 3.05) is 18.0 Å². The summed E-state index contributed by atoms with van der Waals surface area (Å²) >= 11 is 0. The van der Waals surface area contributed by atoms with Gasteiger partial charge in [0.2, 0.25) is 0 Å². The molecule has 0 aliphatic carbocycles. The minimum absolute atomic E-state index is 0.184. The summed E-state index contributed by atoms with van der Waals surface area (Å²) in [7, 11) is 0. The van der Waals surface area contributed by atoms with E-state index >= 15 is 0 Å². The average molecular weight is 315 g/mol. The molecule has 0 bridgehead atoms. The Morgan fingerprint density at radius 2 is 1.96 bits per heavy atom. The van der Waals surface area contributed by atoms with Crippen molar-refractivity contribution in [2.24, 2.45) is 0 Å². The maximum absolute atomic E-state index is 14.3. The molecule has 118 valence electrons. The molecule has 0 amide bonds. The Kier molecular flexibility index (Phi) is 3.40. The summed E-state index contributed by atoms with van der Waals surface area (Å²) in [5.41, 5.74) is 1.21. The molecule has 23 heavy (non-hydrogen) atoms. The van der Waals surface area contributed by atoms with Crippen LogP contribution in [0, 0.1) is 5.82 Å². The van der Waals surface area contributed by atoms with Crippen molar-refractivity contribution in [3.8, 4) is 11.4 Å². The molecule has 5 nitrogen and oxygen atoms in total. The Bertz CT molecular complexity index is 839. The van der Waals surface area contributed by atoms with Gasteiger partial charge in [-0.2, -0.15) is 5.10 Å². The normalized spacial score (nSPS) is 16.2. The Hall–Kier alpha value is -2.57. The predicted octanol–water partition coefficient (Wildman–Crippen LogP) is 3.10. The average Bonchev–Trinajstić information content (AvgIpc) is 3.00. The Labute approximate surface area is 131 Å². The van der Waals surface area contributed by atoms with Gasteiger partial charge in [-0.25, -0.2) is 18.7 Å². The highest BCUT2D eigenvalue weighted by molar-refractivity contribution is 5.89. The van der Waals surface area contributed by atoms with Crippen LogP contribution in [0.5, 0.6) is 0 Å². The van der Waals surface area contributed by atoms with Crippen molar-refractivity contribution in [1.29, 1.82) is 0 Å². The van der Waals surface area contributed by atoms with Gasteiger partial charge in [0.25, 0.3) is 0 Å². The third-order valence-electron chi connectivity index (χ3n) is 4.14. The summed E-state index contributed by atoms with van der Waals surface area (Å²) < 4.78 is 27.6. The lowest BCUT2D eigenvalue weighted by Crippen LogP contribution is -2.34. The number of aromatic amines is 1. The molecule has 0 unspecified atom stereocenters. The van der Waals surface area contributed by atoms with Gasteiger partial charge >= 0.3 is 0 Å². The molecule has 3 aromatic heterocycles. The zero-order valence-corrected chi connectivity index (χ0v) is 12.3. The maximum Gasteiger partial charge on any atom is 0.155 e. The highest BCUT2D eigenvalue weighted by Gasteiger charge is 2.21. The van der Waals surface area contributed by atoms with Crippen LogP contribution in [0.15, 0.2) is 30.5 Å². The topological polar surface area (TPSA) is 57.7 Å². The molecule has 4 rings (SSSR count). The van der Waals surface area contributed by atoms with Gasteiger partial charge in [0.05, 0.1) is 0 Å². The zero-order chi connectivity index (χ0) is 15.8. The lowest BCUT2D eigenvalue weighted by atomic mass is 10.1. The summed E-state index contributed by atoms with van der Waals surface area (Å²) in [5.74, 6) is 0.208. The van der Waals surface area contributed by atoms with Crippen LogP contribution in [0.4, 0.5) is 14.6 Å². The van der Waals surface area contributed by atoms with E-state index in [1.54, 1.807) is 18.3 Å². The van der Waals surface area contributed by atoms with Gasteiger partial charge in [-0.1, -0.05) is 0 Å². The van der Waals surface area contributed by atoms with E-state index in [0.717, 1.165) is 5.39 Å². The number of nitrogens with zero attached hydrogens (tertiary/aromatic N) is 4. The molecule has 0 spiro atoms. The van der Waals surface area contributed by atoms with E-state index in [9.17, 15) is 8.78 Å². The van der Waals surface area contributed by atoms with Crippen molar-refractivity contribution in [3.63, 3.8) is 0 Å². The first-order valence-corrected chi connectivity index (χ1v) is 7.57. The molecular weight excluding hydrogens is 300 g/mol. The molecule has 0 radical (unpaired) electrons. The summed E-state index contributed by atoms with van der Waals surface area (Å²) in [5, 5.41) is 7.66. The summed E-state index contributed by atoms with van der Waals surface area (Å²) in [6, 6.07) is 6.61. The third-order valence-corrected chi connectivity index (χ3v) is 4.14. The fourth-order valence-electron chi connectivity index (χ4n) is 2.89. The van der Waals surface area contributed by atoms with E-state index in [2.05, 4.69) is 20.2 Å². The highest BCUT2D eigenvalue weighted by Crippen LogP contribution is 2.28. The van der Waals surface area contributed by atoms with Crippen LogP contribution < -0.4 is 4.90 Å². The smallest absolute Gasteiger partial charge is 0.155 e. The fraction of sp³-hybridized carbons (Fsp3) is 0.312. The maximum atomic E-state index is 14.3. The second-order valence-corrected chi connectivity index (χ2v) is 5.63. The Balaban J connectivity index is 1.75. The molecule has 1 saturated heterocycles. The van der Waals surface area contributed by atoms with Crippen molar-refractivity contribution in [1.82, 2.24) is 20.2 Å². The number of hydrogen-bond acceptors (Lipinski definition) is 4. The lowest BCUT2D eigenvalue weighted by Gasteiger charge is -2.29. The zero-order valence-electron chi connectivity index (χ0n) is 12.3. The van der Waals surface area contributed by atoms with Gasteiger partial charge in [-0.15, -0.1) is 0 Å². The van der Waals surface area contributed by atoms with Crippen LogP contribution in [0.3, 0.4) is 0 Å². The summed E-state index contributed by atoms with van der Waals surface area (Å²) in [4.78, 5) is 10.6. The number of anilines is 1. The molecule has 0 aromatic carbocycles. The number of piperidine rings is 1. The minimum Gasteiger partial charge on any atom is -0.356 e. The van der Waals surface area contributed by atoms with Crippen LogP contribution >= 0.6 is 0 Å². The van der Waals surface area contributed by atoms with Crippen molar-refractivity contribution in [3.05, 3.63) is 36.3 Å². The second kappa shape index (κ2) is 5.57. The van der Waals surface area contributed by atoms with E-state index in [1.165, 1.54) is 6.07 Å². The van der Waals surface area contributed by atoms with E-state index in [-0.39, 0.29) is 5.69 Å². The number of alkyl halides is 1. The van der Waals surface area contributed by atoms with Gasteiger partial charge in [0.15, 0.2) is 11.5 Å². The van der Waals surface area contributed by atoms with Crippen LogP contribution in [0.1, 0.15) is 12.8 Å². The van der Waals surface area contributed by atoms with Crippen molar-refractivity contribution < 1.29 is 8.78 Å². The first-order chi connectivity index (χ1) is 11.2. The molecular formula is C16H15F2N5. The number of rotatable bonds is 2. The lowest BCUT2D eigenvalue weighted by molar-refractivity contribution is 0.276. The van der Waals surface area contributed by atoms with Crippen LogP contribution in [0.25, 0.3) is 22.4 Å². The van der Waals surface area contributed by atoms with Crippen molar-refractivity contribution in [2.45, 2.75) is 19.0 Å². The molecule has 1 fully saturated rings. The largest absolute Gasteiger partial charge is 0.356 e. The van der Waals surface area contributed by atoms with Gasteiger partial charge in [-0.05, 0) is 37.1 Å². The molecule has 0 saturated carbocycles. The van der Waals surface area contributed by atoms with Gasteiger partial charge in [0, 0.05) is 24.7 Å². The van der Waals surface area contributed by atoms with Crippen LogP contribution in [0.2, 0.25) is 0 Å². The molecule has 1 aliphatic heterocycles. The number of fused-ring (bicyclic) bond motifs is 1. The number of aromatic nitrogens is 4. The number of nitrogens with one attached hydrogen (secondary N) is 1. The van der Waals surface area contributed by atoms with Crippen LogP contribution in [-0.2, 0) is 0 Å². The molecule has 7 heteroatoms. The van der Waals surface area contributed by atoms with Gasteiger partial charge in [-0.3, -0.25) is 5.10 Å². The third kappa shape index (κ3) is 2.52. The minimum atomic E-state index is -0.757. The first kappa shape index (κ1) is 14.0. The first-order valence-electron chi connectivity index (χ1n) is 7.57. The fourth-order valence-corrected chi connectivity index (χ4v) is 2.89. The predicted molar refractivity (Wildman–Crippen MR) is 83.4 cm³/mol. The van der Waals surface area contributed by atoms with Crippen LogP contribution in [-0.4, -0.2) is 39.4 Å². The van der Waals surface area contributed by atoms with Crippen molar-refractivity contribution >= 4 is 16.9 Å². The standard InChI is InChI=1S/C16H15F2N5/c17-10-5-8-23(9-6-10)13-4-3-12(18)15(20-13)14-11-2-1-7-19-16(11)22-21-14/h1-4,7,10H,5-6,8-9H2,(H,19,21,22). The highest BCUT2D eigenvalue weighted by atomic mass is 19.1. The van der Waals surface area contributed by atoms with Gasteiger partial charge in [0.1, 0.15) is 23.4 Å². The number of hydrogen-bond donors (Lipinski definition) is 1. The quantitative estimate of drug-likeness (QED) is 0.789. The van der Waals surface area contributed by atoms with E-state index in [1.807, 2.05) is 11.0 Å². The Morgan fingerprint density at radius 1 is 1.13 bits per heavy atom. The number of halogens is 2. The summed E-state index contributed by atoms with van der Waals surface area (Å²) in [6.07, 6.45) is 1.84. The number of pyridine rings is 2. The number of H-pyrrole nitrogens is 1. The SMILES string of the molecule is Fc1ccc(N2CCC(F)CC2)nc1-c1n[nH]c2ncccc12. The summed E-state index contributed by atoms with van der Waals surface area (Å²) in [6.45, 7) is 1.17. The van der Waals surface area contributed by atoms with Gasteiger partial charge < -0.3 is 4.90 Å². The monoisotopic (exact) mass is 315 g/mol. The van der Waals surface area contributed by atoms with E-state index < -0.39 is 12.0 Å². The second-order valence-electron chi connectivity index (χ2n) is 5.63. The molecule has 1 N–H and O–H groups in total.